The topological polar surface area (TPSA) is 120 Å². The van der Waals surface area contributed by atoms with Crippen LogP contribution in [0.25, 0.3) is 10.2 Å². The molecule has 3 rings (SSSR count). The van der Waals surface area contributed by atoms with Gasteiger partial charge in [0.1, 0.15) is 15.5 Å². The minimum atomic E-state index is -0.432. The number of rotatable bonds is 6. The number of thioether (sulfide) groups is 1. The Labute approximate surface area is 164 Å². The lowest BCUT2D eigenvalue weighted by Gasteiger charge is -2.06. The van der Waals surface area contributed by atoms with Gasteiger partial charge in [-0.05, 0) is 32.3 Å². The maximum atomic E-state index is 12.4. The molecule has 0 amide bonds. The SMILES string of the molecule is CCOC(=O)c1sc2nc(CSC(N)=NC[C@@H]3CCCO3)[nH]c(=O)c2c1C. The Morgan fingerprint density at radius 3 is 3.07 bits per heavy atom. The van der Waals surface area contributed by atoms with E-state index in [0.717, 1.165) is 19.4 Å². The lowest BCUT2D eigenvalue weighted by molar-refractivity contribution is 0.0531. The molecule has 0 aromatic carbocycles. The third-order valence-corrected chi connectivity index (χ3v) is 6.15. The number of thiophene rings is 1. The number of esters is 1. The van der Waals surface area contributed by atoms with Crippen LogP contribution >= 0.6 is 23.1 Å². The standard InChI is InChI=1S/C17H22N4O4S2/c1-3-24-16(23)13-9(2)12-14(22)20-11(21-15(12)27-13)8-26-17(18)19-7-10-5-4-6-25-10/h10H,3-8H2,1-2H3,(H2,18,19)(H,20,21,22)/t10-/m0/s1. The molecule has 0 unspecified atom stereocenters. The second kappa shape index (κ2) is 8.85. The number of nitrogens with one attached hydrogen (secondary N) is 1. The predicted molar refractivity (Wildman–Crippen MR) is 108 cm³/mol. The lowest BCUT2D eigenvalue weighted by Crippen LogP contribution is -2.16. The molecule has 1 aliphatic heterocycles. The molecule has 10 heteroatoms. The van der Waals surface area contributed by atoms with Crippen LogP contribution in [-0.4, -0.2) is 47.0 Å². The van der Waals surface area contributed by atoms with Gasteiger partial charge < -0.3 is 20.2 Å². The molecule has 8 nitrogen and oxygen atoms in total. The molecule has 0 aliphatic carbocycles. The molecule has 1 fully saturated rings. The highest BCUT2D eigenvalue weighted by Gasteiger charge is 2.20. The zero-order chi connectivity index (χ0) is 19.4. The first-order valence-corrected chi connectivity index (χ1v) is 10.5. The van der Waals surface area contributed by atoms with Crippen molar-refractivity contribution in [3.05, 3.63) is 26.6 Å². The van der Waals surface area contributed by atoms with Crippen LogP contribution in [-0.2, 0) is 15.2 Å². The summed E-state index contributed by atoms with van der Waals surface area (Å²) in [5.74, 6) is 0.445. The van der Waals surface area contributed by atoms with Gasteiger partial charge in [-0.25, -0.2) is 9.78 Å². The van der Waals surface area contributed by atoms with Crippen molar-refractivity contribution in [3.8, 4) is 0 Å². The Balaban J connectivity index is 1.72. The minimum absolute atomic E-state index is 0.147. The summed E-state index contributed by atoms with van der Waals surface area (Å²) in [7, 11) is 0. The fourth-order valence-corrected chi connectivity index (χ4v) is 4.50. The monoisotopic (exact) mass is 410 g/mol. The molecule has 27 heavy (non-hydrogen) atoms. The van der Waals surface area contributed by atoms with Gasteiger partial charge in [0.2, 0.25) is 0 Å². The maximum absolute atomic E-state index is 12.4. The summed E-state index contributed by atoms with van der Waals surface area (Å²) in [6.45, 7) is 5.09. The van der Waals surface area contributed by atoms with Crippen molar-refractivity contribution in [1.29, 1.82) is 0 Å². The van der Waals surface area contributed by atoms with E-state index in [9.17, 15) is 9.59 Å². The number of fused-ring (bicyclic) bond motifs is 1. The zero-order valence-electron chi connectivity index (χ0n) is 15.2. The van der Waals surface area contributed by atoms with Crippen LogP contribution in [0.5, 0.6) is 0 Å². The average Bonchev–Trinajstić information content (AvgIpc) is 3.26. The number of aliphatic imine (C=N–C) groups is 1. The number of nitrogens with zero attached hydrogens (tertiary/aromatic N) is 2. The summed E-state index contributed by atoms with van der Waals surface area (Å²) in [5.41, 5.74) is 6.26. The van der Waals surface area contributed by atoms with E-state index >= 15 is 0 Å². The number of ether oxygens (including phenoxy) is 2. The molecular weight excluding hydrogens is 388 g/mol. The van der Waals surface area contributed by atoms with Crippen LogP contribution < -0.4 is 11.3 Å². The first-order valence-electron chi connectivity index (χ1n) is 8.73. The van der Waals surface area contributed by atoms with E-state index < -0.39 is 5.97 Å². The number of aryl methyl sites for hydroxylation is 1. The normalized spacial score (nSPS) is 17.6. The fraction of sp³-hybridized carbons (Fsp3) is 0.529. The average molecular weight is 411 g/mol. The van der Waals surface area contributed by atoms with Crippen molar-refractivity contribution < 1.29 is 14.3 Å². The zero-order valence-corrected chi connectivity index (χ0v) is 16.9. The Morgan fingerprint density at radius 1 is 1.56 bits per heavy atom. The van der Waals surface area contributed by atoms with Gasteiger partial charge in [-0.3, -0.25) is 9.79 Å². The Morgan fingerprint density at radius 2 is 2.37 bits per heavy atom. The third kappa shape index (κ3) is 4.69. The Kier molecular flexibility index (Phi) is 6.51. The van der Waals surface area contributed by atoms with E-state index in [0.29, 0.717) is 43.9 Å². The van der Waals surface area contributed by atoms with Crippen LogP contribution in [0.2, 0.25) is 0 Å². The van der Waals surface area contributed by atoms with Gasteiger partial charge in [-0.2, -0.15) is 0 Å². The molecule has 0 spiro atoms. The van der Waals surface area contributed by atoms with Crippen LogP contribution in [0.1, 0.15) is 40.8 Å². The van der Waals surface area contributed by atoms with Crippen LogP contribution in [0.15, 0.2) is 9.79 Å². The number of aromatic amines is 1. The quantitative estimate of drug-likeness (QED) is 0.425. The summed E-state index contributed by atoms with van der Waals surface area (Å²) in [6, 6.07) is 0. The van der Waals surface area contributed by atoms with E-state index in [2.05, 4.69) is 15.0 Å². The van der Waals surface area contributed by atoms with Gasteiger partial charge in [0.25, 0.3) is 5.56 Å². The van der Waals surface area contributed by atoms with Gasteiger partial charge in [0.05, 0.1) is 30.4 Å². The minimum Gasteiger partial charge on any atom is -0.462 e. The summed E-state index contributed by atoms with van der Waals surface area (Å²) in [5, 5.41) is 0.861. The molecule has 3 N–H and O–H groups in total. The van der Waals surface area contributed by atoms with E-state index in [4.69, 9.17) is 15.2 Å². The van der Waals surface area contributed by atoms with Gasteiger partial charge in [-0.15, -0.1) is 11.3 Å². The van der Waals surface area contributed by atoms with E-state index in [1.54, 1.807) is 13.8 Å². The Hall–Kier alpha value is -1.91. The predicted octanol–water partition coefficient (Wildman–Crippen LogP) is 2.20. The van der Waals surface area contributed by atoms with Gasteiger partial charge in [-0.1, -0.05) is 11.8 Å². The van der Waals surface area contributed by atoms with E-state index in [1.807, 2.05) is 0 Å². The third-order valence-electron chi connectivity index (χ3n) is 4.14. The van der Waals surface area contributed by atoms with E-state index in [-0.39, 0.29) is 18.3 Å². The molecule has 1 aliphatic rings. The molecule has 1 saturated heterocycles. The van der Waals surface area contributed by atoms with Gasteiger partial charge >= 0.3 is 5.97 Å². The maximum Gasteiger partial charge on any atom is 0.348 e. The summed E-state index contributed by atoms with van der Waals surface area (Å²) >= 11 is 2.48. The number of aromatic nitrogens is 2. The molecule has 2 aromatic rings. The second-order valence-electron chi connectivity index (χ2n) is 6.07. The molecular formula is C17H22N4O4S2. The molecule has 3 heterocycles. The van der Waals surface area contributed by atoms with Crippen molar-refractivity contribution in [2.75, 3.05) is 19.8 Å². The van der Waals surface area contributed by atoms with Crippen LogP contribution in [0.3, 0.4) is 0 Å². The highest BCUT2D eigenvalue weighted by molar-refractivity contribution is 8.13. The highest BCUT2D eigenvalue weighted by Crippen LogP contribution is 2.28. The fourth-order valence-electron chi connectivity index (χ4n) is 2.82. The number of carbonyl (C=O) groups excluding carboxylic acids is 1. The number of carbonyl (C=O) groups is 1. The molecule has 0 bridgehead atoms. The van der Waals surface area contributed by atoms with E-state index in [1.165, 1.54) is 23.1 Å². The molecule has 0 radical (unpaired) electrons. The van der Waals surface area contributed by atoms with Crippen molar-refractivity contribution in [2.24, 2.45) is 10.7 Å². The number of hydrogen-bond donors (Lipinski definition) is 2. The van der Waals surface area contributed by atoms with Crippen molar-refractivity contribution >= 4 is 44.5 Å². The summed E-state index contributed by atoms with van der Waals surface area (Å²) < 4.78 is 10.6. The van der Waals surface area contributed by atoms with Crippen molar-refractivity contribution in [1.82, 2.24) is 9.97 Å². The molecule has 2 aromatic heterocycles. The number of nitrogens with two attached hydrogens (primary N) is 1. The van der Waals surface area contributed by atoms with Crippen LogP contribution in [0, 0.1) is 6.92 Å². The first-order chi connectivity index (χ1) is 13.0. The molecule has 146 valence electrons. The van der Waals surface area contributed by atoms with Gasteiger partial charge in [0, 0.05) is 6.61 Å². The molecule has 1 atom stereocenters. The van der Waals surface area contributed by atoms with Gasteiger partial charge in [0.15, 0.2) is 5.17 Å². The van der Waals surface area contributed by atoms with Crippen LogP contribution in [0.4, 0.5) is 0 Å². The highest BCUT2D eigenvalue weighted by atomic mass is 32.2. The second-order valence-corrected chi connectivity index (χ2v) is 8.07. The Bertz CT molecular complexity index is 916. The van der Waals surface area contributed by atoms with Crippen molar-refractivity contribution in [2.45, 2.75) is 38.5 Å². The lowest BCUT2D eigenvalue weighted by atomic mass is 10.2. The first kappa shape index (κ1) is 19.8. The number of amidine groups is 1. The largest absolute Gasteiger partial charge is 0.462 e. The summed E-state index contributed by atoms with van der Waals surface area (Å²) in [6.07, 6.45) is 2.22. The number of H-pyrrole nitrogens is 1. The summed E-state index contributed by atoms with van der Waals surface area (Å²) in [4.78, 5) is 36.9. The van der Waals surface area contributed by atoms with Crippen molar-refractivity contribution in [3.63, 3.8) is 0 Å². The molecule has 0 saturated carbocycles. The number of hydrogen-bond acceptors (Lipinski definition) is 8. The smallest absolute Gasteiger partial charge is 0.348 e.